The number of aryl methyl sites for hydroxylation is 1. The van der Waals surface area contributed by atoms with E-state index >= 15 is 0 Å². The maximum absolute atomic E-state index is 12.4. The number of carbonyl (C=O) groups excluding carboxylic acids is 1. The van der Waals surface area contributed by atoms with E-state index in [1.807, 2.05) is 31.2 Å². The van der Waals surface area contributed by atoms with Crippen LogP contribution in [0.4, 0.5) is 5.69 Å². The second-order valence-corrected chi connectivity index (χ2v) is 6.37. The molecule has 0 saturated heterocycles. The van der Waals surface area contributed by atoms with E-state index < -0.39 is 16.8 Å². The Kier molecular flexibility index (Phi) is 4.88. The molecule has 0 saturated carbocycles. The van der Waals surface area contributed by atoms with E-state index in [0.29, 0.717) is 10.6 Å². The standard InChI is InChI=1S/C16H18N2O2S/c1-11-4-3-5-15(10-11)21(20)14-8-6-13(7-9-14)18-16(19)12(2)17/h3-10,12H,17H2,1-2H3,(H,18,19). The van der Waals surface area contributed by atoms with E-state index in [1.54, 1.807) is 31.2 Å². The van der Waals surface area contributed by atoms with Gasteiger partial charge in [0.15, 0.2) is 0 Å². The number of anilines is 1. The average molecular weight is 302 g/mol. The van der Waals surface area contributed by atoms with Gasteiger partial charge in [0.05, 0.1) is 16.8 Å². The number of benzene rings is 2. The maximum Gasteiger partial charge on any atom is 0.240 e. The first kappa shape index (κ1) is 15.4. The van der Waals surface area contributed by atoms with Gasteiger partial charge < -0.3 is 11.1 Å². The monoisotopic (exact) mass is 302 g/mol. The molecule has 2 atom stereocenters. The van der Waals surface area contributed by atoms with Gasteiger partial charge in [-0.3, -0.25) is 4.79 Å². The third-order valence-electron chi connectivity index (χ3n) is 2.95. The van der Waals surface area contributed by atoms with Crippen molar-refractivity contribution in [3.8, 4) is 0 Å². The Balaban J connectivity index is 2.15. The molecule has 0 bridgehead atoms. The Morgan fingerprint density at radius 1 is 1.14 bits per heavy atom. The van der Waals surface area contributed by atoms with Crippen molar-refractivity contribution in [3.05, 3.63) is 54.1 Å². The molecular formula is C16H18N2O2S. The van der Waals surface area contributed by atoms with Crippen LogP contribution in [0.3, 0.4) is 0 Å². The summed E-state index contributed by atoms with van der Waals surface area (Å²) in [6.45, 7) is 3.59. The fourth-order valence-corrected chi connectivity index (χ4v) is 2.94. The van der Waals surface area contributed by atoms with Crippen molar-refractivity contribution in [2.75, 3.05) is 5.32 Å². The third-order valence-corrected chi connectivity index (χ3v) is 4.34. The van der Waals surface area contributed by atoms with Crippen LogP contribution in [0.25, 0.3) is 0 Å². The molecule has 2 aromatic carbocycles. The van der Waals surface area contributed by atoms with Gasteiger partial charge in [0.2, 0.25) is 5.91 Å². The highest BCUT2D eigenvalue weighted by atomic mass is 32.2. The SMILES string of the molecule is Cc1cccc(S(=O)c2ccc(NC(=O)C(C)N)cc2)c1. The van der Waals surface area contributed by atoms with E-state index in [-0.39, 0.29) is 5.91 Å². The summed E-state index contributed by atoms with van der Waals surface area (Å²) in [6.07, 6.45) is 0. The van der Waals surface area contributed by atoms with Crippen LogP contribution in [0, 0.1) is 6.92 Å². The van der Waals surface area contributed by atoms with Gasteiger partial charge in [-0.1, -0.05) is 12.1 Å². The lowest BCUT2D eigenvalue weighted by Crippen LogP contribution is -2.32. The topological polar surface area (TPSA) is 72.2 Å². The number of nitrogens with one attached hydrogen (secondary N) is 1. The van der Waals surface area contributed by atoms with Crippen LogP contribution in [-0.4, -0.2) is 16.2 Å². The van der Waals surface area contributed by atoms with Gasteiger partial charge in [-0.25, -0.2) is 4.21 Å². The lowest BCUT2D eigenvalue weighted by molar-refractivity contribution is -0.117. The molecule has 0 aliphatic rings. The number of hydrogen-bond acceptors (Lipinski definition) is 3. The highest BCUT2D eigenvalue weighted by Gasteiger charge is 2.09. The molecule has 1 amide bonds. The summed E-state index contributed by atoms with van der Waals surface area (Å²) < 4.78 is 12.4. The lowest BCUT2D eigenvalue weighted by atomic mass is 10.2. The summed E-state index contributed by atoms with van der Waals surface area (Å²) in [5.74, 6) is -0.248. The summed E-state index contributed by atoms with van der Waals surface area (Å²) in [5, 5.41) is 2.69. The Bertz CT molecular complexity index is 666. The van der Waals surface area contributed by atoms with Gasteiger partial charge in [-0.05, 0) is 55.8 Å². The highest BCUT2D eigenvalue weighted by Crippen LogP contribution is 2.19. The highest BCUT2D eigenvalue weighted by molar-refractivity contribution is 7.85. The number of hydrogen-bond donors (Lipinski definition) is 2. The molecule has 21 heavy (non-hydrogen) atoms. The minimum atomic E-state index is -1.22. The Hall–Kier alpha value is -1.98. The predicted octanol–water partition coefficient (Wildman–Crippen LogP) is 2.45. The van der Waals surface area contributed by atoms with Crippen molar-refractivity contribution in [1.29, 1.82) is 0 Å². The number of nitrogens with two attached hydrogens (primary N) is 1. The zero-order chi connectivity index (χ0) is 15.4. The average Bonchev–Trinajstić information content (AvgIpc) is 2.47. The van der Waals surface area contributed by atoms with E-state index in [1.165, 1.54) is 0 Å². The smallest absolute Gasteiger partial charge is 0.240 e. The largest absolute Gasteiger partial charge is 0.325 e. The second kappa shape index (κ2) is 6.65. The molecule has 5 heteroatoms. The van der Waals surface area contributed by atoms with Crippen molar-refractivity contribution in [2.45, 2.75) is 29.7 Å². The first-order valence-corrected chi connectivity index (χ1v) is 7.77. The molecule has 2 rings (SSSR count). The van der Waals surface area contributed by atoms with Crippen molar-refractivity contribution in [1.82, 2.24) is 0 Å². The molecule has 4 nitrogen and oxygen atoms in total. The lowest BCUT2D eigenvalue weighted by Gasteiger charge is -2.08. The molecule has 0 aliphatic heterocycles. The predicted molar refractivity (Wildman–Crippen MR) is 84.6 cm³/mol. The minimum Gasteiger partial charge on any atom is -0.325 e. The van der Waals surface area contributed by atoms with Crippen LogP contribution < -0.4 is 11.1 Å². The molecule has 3 N–H and O–H groups in total. The van der Waals surface area contributed by atoms with E-state index in [0.717, 1.165) is 10.5 Å². The fraction of sp³-hybridized carbons (Fsp3) is 0.188. The Labute approximate surface area is 126 Å². The summed E-state index contributed by atoms with van der Waals surface area (Å²) >= 11 is 0. The molecule has 0 spiro atoms. The molecule has 0 aliphatic carbocycles. The molecule has 0 aromatic heterocycles. The van der Waals surface area contributed by atoms with Crippen molar-refractivity contribution in [2.24, 2.45) is 5.73 Å². The van der Waals surface area contributed by atoms with Gasteiger partial charge >= 0.3 is 0 Å². The summed E-state index contributed by atoms with van der Waals surface area (Å²) in [5.41, 5.74) is 7.20. The van der Waals surface area contributed by atoms with Gasteiger partial charge in [0.25, 0.3) is 0 Å². The Morgan fingerprint density at radius 3 is 2.38 bits per heavy atom. The van der Waals surface area contributed by atoms with Crippen molar-refractivity contribution >= 4 is 22.4 Å². The Morgan fingerprint density at radius 2 is 1.81 bits per heavy atom. The van der Waals surface area contributed by atoms with Crippen molar-refractivity contribution in [3.63, 3.8) is 0 Å². The zero-order valence-electron chi connectivity index (χ0n) is 12.0. The number of rotatable bonds is 4. The van der Waals surface area contributed by atoms with Gasteiger partial charge in [-0.2, -0.15) is 0 Å². The summed E-state index contributed by atoms with van der Waals surface area (Å²) in [4.78, 5) is 13.0. The summed E-state index contributed by atoms with van der Waals surface area (Å²) in [6, 6.07) is 14.0. The van der Waals surface area contributed by atoms with Crippen LogP contribution in [0.5, 0.6) is 0 Å². The van der Waals surface area contributed by atoms with Crippen LogP contribution in [0.2, 0.25) is 0 Å². The maximum atomic E-state index is 12.4. The third kappa shape index (κ3) is 4.00. The first-order valence-electron chi connectivity index (χ1n) is 6.62. The van der Waals surface area contributed by atoms with E-state index in [2.05, 4.69) is 5.32 Å². The quantitative estimate of drug-likeness (QED) is 0.911. The first-order chi connectivity index (χ1) is 9.97. The zero-order valence-corrected chi connectivity index (χ0v) is 12.8. The molecule has 110 valence electrons. The molecule has 0 heterocycles. The van der Waals surface area contributed by atoms with Crippen LogP contribution >= 0.6 is 0 Å². The molecule has 2 unspecified atom stereocenters. The van der Waals surface area contributed by atoms with Gasteiger partial charge in [0, 0.05) is 15.5 Å². The van der Waals surface area contributed by atoms with Crippen LogP contribution in [0.15, 0.2) is 58.3 Å². The normalized spacial score (nSPS) is 13.5. The molecule has 0 radical (unpaired) electrons. The molecule has 2 aromatic rings. The van der Waals surface area contributed by atoms with Crippen LogP contribution in [-0.2, 0) is 15.6 Å². The van der Waals surface area contributed by atoms with Gasteiger partial charge in [-0.15, -0.1) is 0 Å². The molecular weight excluding hydrogens is 284 g/mol. The van der Waals surface area contributed by atoms with Crippen LogP contribution in [0.1, 0.15) is 12.5 Å². The second-order valence-electron chi connectivity index (χ2n) is 4.89. The number of amides is 1. The fourth-order valence-electron chi connectivity index (χ4n) is 1.78. The van der Waals surface area contributed by atoms with E-state index in [4.69, 9.17) is 5.73 Å². The minimum absolute atomic E-state index is 0.248. The molecule has 0 fully saturated rings. The number of carbonyl (C=O) groups is 1. The van der Waals surface area contributed by atoms with Gasteiger partial charge in [0.1, 0.15) is 0 Å². The van der Waals surface area contributed by atoms with E-state index in [9.17, 15) is 9.00 Å². The van der Waals surface area contributed by atoms with Crippen molar-refractivity contribution < 1.29 is 9.00 Å². The summed E-state index contributed by atoms with van der Waals surface area (Å²) in [7, 11) is -1.22.